The molecule has 0 aliphatic carbocycles. The highest BCUT2D eigenvalue weighted by atomic mass is 16.4. The maximum Gasteiger partial charge on any atom is 0.328 e. The van der Waals surface area contributed by atoms with E-state index in [1.807, 2.05) is 0 Å². The van der Waals surface area contributed by atoms with Crippen LogP contribution in [0.2, 0.25) is 0 Å². The maximum absolute atomic E-state index is 11.2. The fraction of sp³-hybridized carbons (Fsp3) is 0.556. The van der Waals surface area contributed by atoms with E-state index in [-0.39, 0.29) is 0 Å². The number of hydrogen-bond acceptors (Lipinski definition) is 3. The predicted molar refractivity (Wildman–Crippen MR) is 53.1 cm³/mol. The molecular formula is C9H14N2O4. The van der Waals surface area contributed by atoms with Crippen LogP contribution in [0.25, 0.3) is 0 Å². The summed E-state index contributed by atoms with van der Waals surface area (Å²) in [6.07, 6.45) is 5.12. The number of aliphatic hydroxyl groups excluding tert-OH is 1. The molecule has 0 radical (unpaired) electrons. The minimum absolute atomic E-state index is 0.681. The summed E-state index contributed by atoms with van der Waals surface area (Å²) in [4.78, 5) is 21.7. The predicted octanol–water partition coefficient (Wildman–Crippen LogP) is -0.857. The van der Waals surface area contributed by atoms with Crippen molar-refractivity contribution in [3.8, 4) is 12.3 Å². The van der Waals surface area contributed by atoms with Gasteiger partial charge in [-0.1, -0.05) is 5.92 Å². The first-order valence-electron chi connectivity index (χ1n) is 4.22. The van der Waals surface area contributed by atoms with Crippen LogP contribution in [0, 0.1) is 12.3 Å². The quantitative estimate of drug-likeness (QED) is 0.458. The molecule has 0 aromatic carbocycles. The normalized spacial score (nSPS) is 12.4. The number of hydrogen-bond donors (Lipinski definition) is 4. The zero-order valence-corrected chi connectivity index (χ0v) is 8.57. The van der Waals surface area contributed by atoms with E-state index in [2.05, 4.69) is 16.6 Å². The number of carbonyl (C=O) groups is 2. The number of carboxylic acid groups (broad SMARTS) is 1. The van der Waals surface area contributed by atoms with Crippen LogP contribution in [0.15, 0.2) is 0 Å². The average Bonchev–Trinajstić information content (AvgIpc) is 2.13. The zero-order chi connectivity index (χ0) is 12.1. The summed E-state index contributed by atoms with van der Waals surface area (Å²) in [5.74, 6) is 0.997. The van der Waals surface area contributed by atoms with Crippen LogP contribution in [0.3, 0.4) is 0 Å². The van der Waals surface area contributed by atoms with E-state index in [9.17, 15) is 9.59 Å². The summed E-state index contributed by atoms with van der Waals surface area (Å²) in [5.41, 5.74) is -0.872. The smallest absolute Gasteiger partial charge is 0.328 e. The van der Waals surface area contributed by atoms with Crippen molar-refractivity contribution in [1.82, 2.24) is 10.6 Å². The second-order valence-electron chi connectivity index (χ2n) is 3.44. The standard InChI is InChI=1S/C9H14N2O4/c1-4-9(2,3)11-8(15)10-6(5-12)7(13)14/h1,6,12H,5H2,2-3H3,(H,13,14)(H2,10,11,15)/t6-/m0/s1. The summed E-state index contributed by atoms with van der Waals surface area (Å²) < 4.78 is 0. The van der Waals surface area contributed by atoms with Crippen LogP contribution < -0.4 is 10.6 Å². The second kappa shape index (κ2) is 5.22. The van der Waals surface area contributed by atoms with Crippen LogP contribution in [-0.2, 0) is 4.79 Å². The molecule has 0 aliphatic rings. The number of rotatable bonds is 4. The highest BCUT2D eigenvalue weighted by molar-refractivity contribution is 5.83. The molecule has 0 bridgehead atoms. The third-order valence-electron chi connectivity index (χ3n) is 1.57. The first-order valence-corrected chi connectivity index (χ1v) is 4.22. The van der Waals surface area contributed by atoms with Crippen molar-refractivity contribution in [2.45, 2.75) is 25.4 Å². The van der Waals surface area contributed by atoms with Gasteiger partial charge in [0.15, 0.2) is 6.04 Å². The zero-order valence-electron chi connectivity index (χ0n) is 8.57. The minimum atomic E-state index is -1.33. The molecule has 1 atom stereocenters. The van der Waals surface area contributed by atoms with Crippen LogP contribution in [-0.4, -0.2) is 40.4 Å². The fourth-order valence-corrected chi connectivity index (χ4v) is 0.700. The van der Waals surface area contributed by atoms with Gasteiger partial charge in [-0.3, -0.25) is 0 Å². The van der Waals surface area contributed by atoms with E-state index >= 15 is 0 Å². The molecule has 15 heavy (non-hydrogen) atoms. The second-order valence-corrected chi connectivity index (χ2v) is 3.44. The largest absolute Gasteiger partial charge is 0.480 e. The lowest BCUT2D eigenvalue weighted by Crippen LogP contribution is -2.53. The number of nitrogens with one attached hydrogen (secondary N) is 2. The Bertz CT molecular complexity index is 293. The van der Waals surface area contributed by atoms with Crippen LogP contribution in [0.4, 0.5) is 4.79 Å². The topological polar surface area (TPSA) is 98.7 Å². The molecule has 6 heteroatoms. The maximum atomic E-state index is 11.2. The molecular weight excluding hydrogens is 200 g/mol. The summed E-state index contributed by atoms with van der Waals surface area (Å²) in [5, 5.41) is 21.6. The number of urea groups is 1. The Labute approximate surface area is 87.7 Å². The van der Waals surface area contributed by atoms with Crippen LogP contribution >= 0.6 is 0 Å². The highest BCUT2D eigenvalue weighted by Gasteiger charge is 2.22. The minimum Gasteiger partial charge on any atom is -0.480 e. The molecule has 0 heterocycles. The van der Waals surface area contributed by atoms with Gasteiger partial charge in [0.25, 0.3) is 0 Å². The number of terminal acetylenes is 1. The highest BCUT2D eigenvalue weighted by Crippen LogP contribution is 1.98. The molecule has 2 amide bonds. The van der Waals surface area contributed by atoms with Crippen molar-refractivity contribution in [2.24, 2.45) is 0 Å². The van der Waals surface area contributed by atoms with Gasteiger partial charge in [0.1, 0.15) is 0 Å². The summed E-state index contributed by atoms with van der Waals surface area (Å²) in [6, 6.07) is -2.07. The Balaban J connectivity index is 4.27. The Morgan fingerprint density at radius 2 is 2.07 bits per heavy atom. The monoisotopic (exact) mass is 214 g/mol. The summed E-state index contributed by atoms with van der Waals surface area (Å²) >= 11 is 0. The van der Waals surface area contributed by atoms with E-state index in [0.717, 1.165) is 0 Å². The van der Waals surface area contributed by atoms with Crippen LogP contribution in [0.5, 0.6) is 0 Å². The van der Waals surface area contributed by atoms with Gasteiger partial charge in [-0.25, -0.2) is 9.59 Å². The van der Waals surface area contributed by atoms with Crippen molar-refractivity contribution in [1.29, 1.82) is 0 Å². The molecule has 0 aromatic heterocycles. The van der Waals surface area contributed by atoms with Crippen molar-refractivity contribution in [3.05, 3.63) is 0 Å². The third kappa shape index (κ3) is 4.88. The molecule has 0 saturated carbocycles. The van der Waals surface area contributed by atoms with Gasteiger partial charge in [-0.2, -0.15) is 0 Å². The van der Waals surface area contributed by atoms with E-state index in [1.165, 1.54) is 0 Å². The van der Waals surface area contributed by atoms with Crippen molar-refractivity contribution >= 4 is 12.0 Å². The SMILES string of the molecule is C#CC(C)(C)NC(=O)N[C@@H](CO)C(=O)O. The number of carbonyl (C=O) groups excluding carboxylic acids is 1. The fourth-order valence-electron chi connectivity index (χ4n) is 0.700. The van der Waals surface area contributed by atoms with Gasteiger partial charge in [0.05, 0.1) is 12.1 Å². The number of aliphatic carboxylic acids is 1. The van der Waals surface area contributed by atoms with Crippen molar-refractivity contribution in [2.75, 3.05) is 6.61 Å². The van der Waals surface area contributed by atoms with Gasteiger partial charge in [0, 0.05) is 0 Å². The van der Waals surface area contributed by atoms with Crippen molar-refractivity contribution < 1.29 is 19.8 Å². The van der Waals surface area contributed by atoms with E-state index < -0.39 is 30.2 Å². The molecule has 0 unspecified atom stereocenters. The summed E-state index contributed by atoms with van der Waals surface area (Å²) in [7, 11) is 0. The molecule has 0 fully saturated rings. The molecule has 0 saturated heterocycles. The Morgan fingerprint density at radius 3 is 2.40 bits per heavy atom. The lowest BCUT2D eigenvalue weighted by atomic mass is 10.1. The van der Waals surface area contributed by atoms with Gasteiger partial charge in [0.2, 0.25) is 0 Å². The van der Waals surface area contributed by atoms with E-state index in [1.54, 1.807) is 13.8 Å². The molecule has 0 aromatic rings. The number of aliphatic hydroxyl groups is 1. The van der Waals surface area contributed by atoms with Crippen molar-refractivity contribution in [3.63, 3.8) is 0 Å². The van der Waals surface area contributed by atoms with Gasteiger partial charge < -0.3 is 20.8 Å². The third-order valence-corrected chi connectivity index (χ3v) is 1.57. The molecule has 6 nitrogen and oxygen atoms in total. The molecule has 4 N–H and O–H groups in total. The summed E-state index contributed by atoms with van der Waals surface area (Å²) in [6.45, 7) is 2.49. The van der Waals surface area contributed by atoms with Crippen LogP contribution in [0.1, 0.15) is 13.8 Å². The molecule has 0 spiro atoms. The number of amides is 2. The lowest BCUT2D eigenvalue weighted by Gasteiger charge is -2.21. The number of carboxylic acids is 1. The van der Waals surface area contributed by atoms with E-state index in [0.29, 0.717) is 0 Å². The molecule has 84 valence electrons. The molecule has 0 aliphatic heterocycles. The first-order chi connectivity index (χ1) is 6.82. The molecule has 0 rings (SSSR count). The Hall–Kier alpha value is -1.74. The Kier molecular flexibility index (Phi) is 4.61. The lowest BCUT2D eigenvalue weighted by molar-refractivity contribution is -0.140. The van der Waals surface area contributed by atoms with E-state index in [4.69, 9.17) is 16.6 Å². The first kappa shape index (κ1) is 13.3. The average molecular weight is 214 g/mol. The van der Waals surface area contributed by atoms with Gasteiger partial charge in [-0.15, -0.1) is 6.42 Å². The Morgan fingerprint density at radius 1 is 1.53 bits per heavy atom. The van der Waals surface area contributed by atoms with Gasteiger partial charge in [-0.05, 0) is 13.8 Å². The van der Waals surface area contributed by atoms with Gasteiger partial charge >= 0.3 is 12.0 Å².